The van der Waals surface area contributed by atoms with Gasteiger partial charge in [-0.25, -0.2) is 0 Å². The highest BCUT2D eigenvalue weighted by molar-refractivity contribution is 7.10. The van der Waals surface area contributed by atoms with Crippen molar-refractivity contribution in [2.45, 2.75) is 25.8 Å². The van der Waals surface area contributed by atoms with Gasteiger partial charge in [0.25, 0.3) is 0 Å². The van der Waals surface area contributed by atoms with Crippen molar-refractivity contribution in [3.05, 3.63) is 22.4 Å². The smallest absolute Gasteiger partial charge is 0.193 e. The molecule has 0 spiro atoms. The average Bonchev–Trinajstić information content (AvgIpc) is 3.14. The fourth-order valence-corrected chi connectivity index (χ4v) is 4.54. The van der Waals surface area contributed by atoms with Gasteiger partial charge in [-0.2, -0.15) is 0 Å². The Morgan fingerprint density at radius 1 is 1.42 bits per heavy atom. The van der Waals surface area contributed by atoms with Crippen molar-refractivity contribution in [1.29, 1.82) is 0 Å². The van der Waals surface area contributed by atoms with Crippen LogP contribution < -0.4 is 5.32 Å². The first-order valence-electron chi connectivity index (χ1n) is 9.08. The van der Waals surface area contributed by atoms with Gasteiger partial charge in [0.05, 0.1) is 19.3 Å². The van der Waals surface area contributed by atoms with E-state index in [0.717, 1.165) is 57.8 Å². The van der Waals surface area contributed by atoms with E-state index in [4.69, 9.17) is 4.74 Å². The number of hydrogen-bond acceptors (Lipinski definition) is 4. The lowest BCUT2D eigenvalue weighted by Gasteiger charge is -2.37. The number of thiophene rings is 1. The maximum Gasteiger partial charge on any atom is 0.193 e. The van der Waals surface area contributed by atoms with Gasteiger partial charge >= 0.3 is 0 Å². The fourth-order valence-electron chi connectivity index (χ4n) is 3.68. The summed E-state index contributed by atoms with van der Waals surface area (Å²) < 4.78 is 5.53. The molecule has 2 atom stereocenters. The van der Waals surface area contributed by atoms with Crippen LogP contribution in [0.25, 0.3) is 0 Å². The van der Waals surface area contributed by atoms with Crippen molar-refractivity contribution in [3.63, 3.8) is 0 Å². The van der Waals surface area contributed by atoms with Crippen LogP contribution in [0.3, 0.4) is 0 Å². The van der Waals surface area contributed by atoms with E-state index in [1.807, 2.05) is 18.4 Å². The zero-order valence-electron chi connectivity index (χ0n) is 14.9. The molecule has 2 saturated heterocycles. The molecule has 0 radical (unpaired) electrons. The Balaban J connectivity index is 1.63. The standard InChI is InChI=1S/C18H30N4OS/c1-15-5-3-7-22(14-15)18(19-2)20-13-16(17-6-4-12-24-17)21-8-10-23-11-9-21/h4,6,12,15-16H,3,5,7-11,13-14H2,1-2H3,(H,19,20). The predicted octanol–water partition coefficient (Wildman–Crippen LogP) is 2.43. The molecular formula is C18H30N4OS. The Labute approximate surface area is 149 Å². The van der Waals surface area contributed by atoms with Crippen LogP contribution >= 0.6 is 11.3 Å². The largest absolute Gasteiger partial charge is 0.379 e. The van der Waals surface area contributed by atoms with Gasteiger partial charge in [-0.1, -0.05) is 13.0 Å². The molecule has 2 aliphatic rings. The molecule has 2 fully saturated rings. The molecule has 2 unspecified atom stereocenters. The summed E-state index contributed by atoms with van der Waals surface area (Å²) in [5.74, 6) is 1.81. The number of aliphatic imine (C=N–C) groups is 1. The highest BCUT2D eigenvalue weighted by Crippen LogP contribution is 2.25. The van der Waals surface area contributed by atoms with Gasteiger partial charge < -0.3 is 15.0 Å². The Hall–Kier alpha value is -1.11. The summed E-state index contributed by atoms with van der Waals surface area (Å²) in [5, 5.41) is 5.82. The normalized spacial score (nSPS) is 24.8. The minimum Gasteiger partial charge on any atom is -0.379 e. The molecule has 134 valence electrons. The van der Waals surface area contributed by atoms with Crippen molar-refractivity contribution in [1.82, 2.24) is 15.1 Å². The summed E-state index contributed by atoms with van der Waals surface area (Å²) >= 11 is 1.84. The maximum absolute atomic E-state index is 5.53. The summed E-state index contributed by atoms with van der Waals surface area (Å²) in [6.07, 6.45) is 2.60. The van der Waals surface area contributed by atoms with Crippen molar-refractivity contribution in [2.75, 3.05) is 53.0 Å². The number of rotatable bonds is 4. The molecule has 24 heavy (non-hydrogen) atoms. The molecule has 1 N–H and O–H groups in total. The third-order valence-electron chi connectivity index (χ3n) is 4.98. The van der Waals surface area contributed by atoms with Gasteiger partial charge in [-0.05, 0) is 30.2 Å². The predicted molar refractivity (Wildman–Crippen MR) is 101 cm³/mol. The number of piperidine rings is 1. The van der Waals surface area contributed by atoms with Crippen molar-refractivity contribution in [3.8, 4) is 0 Å². The van der Waals surface area contributed by atoms with E-state index < -0.39 is 0 Å². The second kappa shape index (κ2) is 8.83. The highest BCUT2D eigenvalue weighted by Gasteiger charge is 2.25. The summed E-state index contributed by atoms with van der Waals surface area (Å²) in [6, 6.07) is 4.79. The van der Waals surface area contributed by atoms with Crippen LogP contribution in [-0.4, -0.2) is 68.7 Å². The van der Waals surface area contributed by atoms with Crippen LogP contribution in [0.1, 0.15) is 30.7 Å². The Bertz CT molecular complexity index is 513. The third kappa shape index (κ3) is 4.49. The number of morpholine rings is 1. The van der Waals surface area contributed by atoms with Gasteiger partial charge in [-0.15, -0.1) is 11.3 Å². The molecule has 1 aromatic heterocycles. The van der Waals surface area contributed by atoms with Gasteiger partial charge in [-0.3, -0.25) is 9.89 Å². The summed E-state index contributed by atoms with van der Waals surface area (Å²) in [5.41, 5.74) is 0. The highest BCUT2D eigenvalue weighted by atomic mass is 32.1. The van der Waals surface area contributed by atoms with Crippen molar-refractivity contribution >= 4 is 17.3 Å². The molecule has 0 aliphatic carbocycles. The Morgan fingerprint density at radius 3 is 2.92 bits per heavy atom. The number of nitrogens with one attached hydrogen (secondary N) is 1. The summed E-state index contributed by atoms with van der Waals surface area (Å²) in [7, 11) is 1.90. The van der Waals surface area contributed by atoms with E-state index in [1.54, 1.807) is 0 Å². The number of ether oxygens (including phenoxy) is 1. The molecule has 0 bridgehead atoms. The van der Waals surface area contributed by atoms with E-state index in [1.165, 1.54) is 17.7 Å². The zero-order chi connectivity index (χ0) is 16.8. The molecule has 3 rings (SSSR count). The third-order valence-corrected chi connectivity index (χ3v) is 5.95. The zero-order valence-corrected chi connectivity index (χ0v) is 15.7. The van der Waals surface area contributed by atoms with Crippen molar-refractivity contribution in [2.24, 2.45) is 10.9 Å². The SMILES string of the molecule is CN=C(NCC(c1cccs1)N1CCOCC1)N1CCCC(C)C1. The molecule has 5 nitrogen and oxygen atoms in total. The fraction of sp³-hybridized carbons (Fsp3) is 0.722. The second-order valence-corrected chi connectivity index (χ2v) is 7.78. The topological polar surface area (TPSA) is 40.1 Å². The Kier molecular flexibility index (Phi) is 6.51. The number of guanidine groups is 1. The molecule has 0 amide bonds. The first kappa shape index (κ1) is 17.7. The molecule has 0 saturated carbocycles. The first-order chi connectivity index (χ1) is 11.8. The van der Waals surface area contributed by atoms with Crippen LogP contribution in [0.2, 0.25) is 0 Å². The van der Waals surface area contributed by atoms with Crippen LogP contribution in [0.4, 0.5) is 0 Å². The van der Waals surface area contributed by atoms with E-state index in [0.29, 0.717) is 6.04 Å². The van der Waals surface area contributed by atoms with Crippen LogP contribution in [0.5, 0.6) is 0 Å². The van der Waals surface area contributed by atoms with Crippen LogP contribution in [0.15, 0.2) is 22.5 Å². The number of nitrogens with zero attached hydrogens (tertiary/aromatic N) is 3. The van der Waals surface area contributed by atoms with Crippen LogP contribution in [-0.2, 0) is 4.74 Å². The maximum atomic E-state index is 5.53. The van der Waals surface area contributed by atoms with E-state index in [9.17, 15) is 0 Å². The van der Waals surface area contributed by atoms with E-state index in [-0.39, 0.29) is 0 Å². The quantitative estimate of drug-likeness (QED) is 0.669. The van der Waals surface area contributed by atoms with E-state index in [2.05, 4.69) is 44.5 Å². The van der Waals surface area contributed by atoms with Crippen LogP contribution in [0, 0.1) is 5.92 Å². The minimum absolute atomic E-state index is 0.396. The lowest BCUT2D eigenvalue weighted by molar-refractivity contribution is 0.0175. The molecule has 3 heterocycles. The minimum atomic E-state index is 0.396. The Morgan fingerprint density at radius 2 is 2.25 bits per heavy atom. The van der Waals surface area contributed by atoms with Gasteiger partial charge in [0.15, 0.2) is 5.96 Å². The van der Waals surface area contributed by atoms with E-state index >= 15 is 0 Å². The lowest BCUT2D eigenvalue weighted by atomic mass is 10.0. The summed E-state index contributed by atoms with van der Waals surface area (Å²) in [4.78, 5) is 10.9. The second-order valence-electron chi connectivity index (χ2n) is 6.80. The molecule has 2 aliphatic heterocycles. The molecule has 1 aromatic rings. The molecule has 0 aromatic carbocycles. The molecule has 6 heteroatoms. The number of hydrogen-bond donors (Lipinski definition) is 1. The summed E-state index contributed by atoms with van der Waals surface area (Å²) in [6.45, 7) is 9.14. The van der Waals surface area contributed by atoms with Crippen molar-refractivity contribution < 1.29 is 4.74 Å². The average molecular weight is 351 g/mol. The van der Waals surface area contributed by atoms with Gasteiger partial charge in [0, 0.05) is 44.6 Å². The first-order valence-corrected chi connectivity index (χ1v) is 9.96. The van der Waals surface area contributed by atoms with Gasteiger partial charge in [0.2, 0.25) is 0 Å². The molecular weight excluding hydrogens is 320 g/mol. The van der Waals surface area contributed by atoms with Gasteiger partial charge in [0.1, 0.15) is 0 Å². The number of likely N-dealkylation sites (tertiary alicyclic amines) is 1. The lowest BCUT2D eigenvalue weighted by Crippen LogP contribution is -2.49. The monoisotopic (exact) mass is 350 g/mol.